The maximum absolute atomic E-state index is 10.3. The van der Waals surface area contributed by atoms with Gasteiger partial charge in [-0.1, -0.05) is 49.4 Å². The van der Waals surface area contributed by atoms with Gasteiger partial charge in [0.2, 0.25) is 0 Å². The Bertz CT molecular complexity index is 713. The average molecular weight is 263 g/mol. The lowest BCUT2D eigenvalue weighted by Gasteiger charge is -2.07. The summed E-state index contributed by atoms with van der Waals surface area (Å²) < 4.78 is 0. The monoisotopic (exact) mass is 263 g/mol. The summed E-state index contributed by atoms with van der Waals surface area (Å²) in [6.45, 7) is 2.04. The molecule has 0 atom stereocenters. The lowest BCUT2D eigenvalue weighted by molar-refractivity contribution is 0.471. The normalized spacial score (nSPS) is 10.7. The number of aryl methyl sites for hydroxylation is 1. The Kier molecular flexibility index (Phi) is 3.30. The number of phenolic OH excluding ortho intramolecular Hbond substituents is 1. The molecule has 1 aromatic heterocycles. The molecule has 1 heterocycles. The van der Waals surface area contributed by atoms with Crippen molar-refractivity contribution in [2.24, 2.45) is 0 Å². The fourth-order valence-corrected chi connectivity index (χ4v) is 2.43. The van der Waals surface area contributed by atoms with Crippen LogP contribution < -0.4 is 0 Å². The number of phenols is 1. The molecule has 0 aliphatic carbocycles. The summed E-state index contributed by atoms with van der Waals surface area (Å²) in [6.07, 6.45) is 0.825. The number of rotatable bonds is 3. The fraction of sp³-hybridized carbons (Fsp3) is 0.111. The molecule has 0 unspecified atom stereocenters. The van der Waals surface area contributed by atoms with Crippen molar-refractivity contribution in [2.45, 2.75) is 13.3 Å². The van der Waals surface area contributed by atoms with Gasteiger partial charge in [-0.05, 0) is 35.7 Å². The molecule has 0 amide bonds. The predicted octanol–water partition coefficient (Wildman–Crippen LogP) is 4.62. The number of hydrogen-bond donors (Lipinski definition) is 2. The molecule has 2 aromatic carbocycles. The number of hydrogen-bond acceptors (Lipinski definition) is 1. The average Bonchev–Trinajstić information content (AvgIpc) is 2.98. The Labute approximate surface area is 118 Å². The standard InChI is InChI=1S/C18H17NO/c1-2-13-9-6-10-15(18(13)20)17-12-11-16(19-17)14-7-4-3-5-8-14/h3-12,19-20H,2H2,1H3. The van der Waals surface area contributed by atoms with Crippen molar-refractivity contribution >= 4 is 0 Å². The topological polar surface area (TPSA) is 36.0 Å². The summed E-state index contributed by atoms with van der Waals surface area (Å²) in [7, 11) is 0. The Morgan fingerprint density at radius 3 is 2.35 bits per heavy atom. The van der Waals surface area contributed by atoms with E-state index in [2.05, 4.69) is 17.1 Å². The summed E-state index contributed by atoms with van der Waals surface area (Å²) in [5, 5.41) is 10.3. The van der Waals surface area contributed by atoms with Crippen LogP contribution in [0.25, 0.3) is 22.5 Å². The Morgan fingerprint density at radius 2 is 1.60 bits per heavy atom. The Balaban J connectivity index is 2.03. The lowest BCUT2D eigenvalue weighted by Crippen LogP contribution is -1.86. The van der Waals surface area contributed by atoms with E-state index in [1.807, 2.05) is 55.5 Å². The molecule has 0 fully saturated rings. The number of nitrogens with one attached hydrogen (secondary N) is 1. The van der Waals surface area contributed by atoms with Crippen molar-refractivity contribution in [1.29, 1.82) is 0 Å². The summed E-state index contributed by atoms with van der Waals surface area (Å²) in [6, 6.07) is 20.1. The smallest absolute Gasteiger partial charge is 0.128 e. The molecule has 100 valence electrons. The molecule has 3 aromatic rings. The molecular weight excluding hydrogens is 246 g/mol. The number of benzene rings is 2. The Hall–Kier alpha value is -2.48. The summed E-state index contributed by atoms with van der Waals surface area (Å²) in [5.41, 5.74) is 4.97. The number of para-hydroxylation sites is 1. The van der Waals surface area contributed by atoms with Gasteiger partial charge in [0.05, 0.1) is 0 Å². The van der Waals surface area contributed by atoms with Crippen LogP contribution in [0.1, 0.15) is 12.5 Å². The molecule has 0 aliphatic heterocycles. The molecule has 0 saturated carbocycles. The van der Waals surface area contributed by atoms with E-state index in [9.17, 15) is 5.11 Å². The first-order chi connectivity index (χ1) is 9.79. The summed E-state index contributed by atoms with van der Waals surface area (Å²) in [4.78, 5) is 3.38. The van der Waals surface area contributed by atoms with E-state index in [0.29, 0.717) is 5.75 Å². The first-order valence-corrected chi connectivity index (χ1v) is 6.85. The summed E-state index contributed by atoms with van der Waals surface area (Å²) in [5.74, 6) is 0.372. The van der Waals surface area contributed by atoms with Gasteiger partial charge in [-0.15, -0.1) is 0 Å². The van der Waals surface area contributed by atoms with Gasteiger partial charge in [0.25, 0.3) is 0 Å². The second-order valence-electron chi connectivity index (χ2n) is 4.82. The van der Waals surface area contributed by atoms with Crippen LogP contribution >= 0.6 is 0 Å². The van der Waals surface area contributed by atoms with E-state index in [4.69, 9.17) is 0 Å². The van der Waals surface area contributed by atoms with Crippen molar-refractivity contribution in [3.8, 4) is 28.3 Å². The van der Waals surface area contributed by atoms with Gasteiger partial charge in [-0.3, -0.25) is 0 Å². The quantitative estimate of drug-likeness (QED) is 0.711. The molecule has 20 heavy (non-hydrogen) atoms. The lowest BCUT2D eigenvalue weighted by atomic mass is 10.0. The van der Waals surface area contributed by atoms with E-state index < -0.39 is 0 Å². The number of aromatic nitrogens is 1. The second-order valence-corrected chi connectivity index (χ2v) is 4.82. The predicted molar refractivity (Wildman–Crippen MR) is 82.7 cm³/mol. The van der Waals surface area contributed by atoms with Gasteiger partial charge in [0.15, 0.2) is 0 Å². The molecule has 0 aliphatic rings. The van der Waals surface area contributed by atoms with Crippen LogP contribution in [0.5, 0.6) is 5.75 Å². The SMILES string of the molecule is CCc1cccc(-c2ccc(-c3ccccc3)[nH]2)c1O. The van der Waals surface area contributed by atoms with Crippen LogP contribution in [0.4, 0.5) is 0 Å². The minimum atomic E-state index is 0.372. The Morgan fingerprint density at radius 1 is 0.850 bits per heavy atom. The number of aromatic hydroxyl groups is 1. The van der Waals surface area contributed by atoms with Crippen molar-refractivity contribution < 1.29 is 5.11 Å². The van der Waals surface area contributed by atoms with Crippen molar-refractivity contribution in [3.05, 3.63) is 66.2 Å². The van der Waals surface area contributed by atoms with Crippen LogP contribution in [-0.4, -0.2) is 10.1 Å². The third-order valence-electron chi connectivity index (χ3n) is 3.56. The van der Waals surface area contributed by atoms with Crippen LogP contribution in [0.2, 0.25) is 0 Å². The zero-order valence-electron chi connectivity index (χ0n) is 11.4. The molecule has 0 bridgehead atoms. The van der Waals surface area contributed by atoms with Crippen molar-refractivity contribution in [2.75, 3.05) is 0 Å². The highest BCUT2D eigenvalue weighted by Crippen LogP contribution is 2.33. The van der Waals surface area contributed by atoms with Crippen LogP contribution in [0.15, 0.2) is 60.7 Å². The molecule has 2 N–H and O–H groups in total. The van der Waals surface area contributed by atoms with Crippen molar-refractivity contribution in [1.82, 2.24) is 4.98 Å². The highest BCUT2D eigenvalue weighted by Gasteiger charge is 2.10. The number of aromatic amines is 1. The van der Waals surface area contributed by atoms with Crippen LogP contribution in [-0.2, 0) is 6.42 Å². The first kappa shape index (κ1) is 12.5. The van der Waals surface area contributed by atoms with Crippen LogP contribution in [0, 0.1) is 0 Å². The maximum atomic E-state index is 10.3. The van der Waals surface area contributed by atoms with E-state index in [1.165, 1.54) is 0 Å². The van der Waals surface area contributed by atoms with E-state index >= 15 is 0 Å². The zero-order chi connectivity index (χ0) is 13.9. The second kappa shape index (κ2) is 5.25. The molecular formula is C18H17NO. The minimum Gasteiger partial charge on any atom is -0.507 e. The van der Waals surface area contributed by atoms with Crippen molar-refractivity contribution in [3.63, 3.8) is 0 Å². The summed E-state index contributed by atoms with van der Waals surface area (Å²) >= 11 is 0. The highest BCUT2D eigenvalue weighted by atomic mass is 16.3. The number of H-pyrrole nitrogens is 1. The minimum absolute atomic E-state index is 0.372. The van der Waals surface area contributed by atoms with Gasteiger partial charge >= 0.3 is 0 Å². The highest BCUT2D eigenvalue weighted by molar-refractivity contribution is 5.73. The van der Waals surface area contributed by atoms with Gasteiger partial charge in [-0.2, -0.15) is 0 Å². The van der Waals surface area contributed by atoms with E-state index in [-0.39, 0.29) is 0 Å². The molecule has 0 radical (unpaired) electrons. The van der Waals surface area contributed by atoms with Crippen LogP contribution in [0.3, 0.4) is 0 Å². The molecule has 0 saturated heterocycles. The van der Waals surface area contributed by atoms with Gasteiger partial charge in [0.1, 0.15) is 5.75 Å². The molecule has 0 spiro atoms. The van der Waals surface area contributed by atoms with Gasteiger partial charge in [-0.25, -0.2) is 0 Å². The van der Waals surface area contributed by atoms with Gasteiger partial charge < -0.3 is 10.1 Å². The molecule has 2 nitrogen and oxygen atoms in total. The van der Waals surface area contributed by atoms with Gasteiger partial charge in [0, 0.05) is 17.0 Å². The maximum Gasteiger partial charge on any atom is 0.128 e. The molecule has 2 heteroatoms. The first-order valence-electron chi connectivity index (χ1n) is 6.85. The fourth-order valence-electron chi connectivity index (χ4n) is 2.43. The molecule has 3 rings (SSSR count). The van der Waals surface area contributed by atoms with E-state index in [1.54, 1.807) is 0 Å². The largest absolute Gasteiger partial charge is 0.507 e. The zero-order valence-corrected chi connectivity index (χ0v) is 11.4. The third kappa shape index (κ3) is 2.21. The third-order valence-corrected chi connectivity index (χ3v) is 3.56. The van der Waals surface area contributed by atoms with E-state index in [0.717, 1.165) is 34.5 Å².